The van der Waals surface area contributed by atoms with Gasteiger partial charge in [-0.1, -0.05) is 12.1 Å². The summed E-state index contributed by atoms with van der Waals surface area (Å²) < 4.78 is 13.8. The molecule has 1 atom stereocenters. The van der Waals surface area contributed by atoms with Crippen LogP contribution in [0, 0.1) is 11.7 Å². The number of halogens is 1. The van der Waals surface area contributed by atoms with Crippen molar-refractivity contribution >= 4 is 11.8 Å². The van der Waals surface area contributed by atoms with E-state index in [0.717, 1.165) is 19.4 Å². The predicted octanol–water partition coefficient (Wildman–Crippen LogP) is 3.08. The largest absolute Gasteiger partial charge is 0.340 e. The minimum absolute atomic E-state index is 0.00443. The van der Waals surface area contributed by atoms with Crippen molar-refractivity contribution in [2.24, 2.45) is 5.92 Å². The number of carbonyl (C=O) groups excluding carboxylic acids is 2. The van der Waals surface area contributed by atoms with Crippen LogP contribution < -0.4 is 0 Å². The van der Waals surface area contributed by atoms with Gasteiger partial charge in [-0.3, -0.25) is 9.59 Å². The standard InChI is InChI=1S/C19H25FN2O2/c1-14-6-4-5-11-22(14)18(23)15-9-12-21(13-10-15)19(24)16-7-2-3-8-17(16)20/h2-3,7-8,14-15H,4-6,9-13H2,1H3/t14-/m0/s1. The van der Waals surface area contributed by atoms with Gasteiger partial charge in [-0.25, -0.2) is 4.39 Å². The average molecular weight is 332 g/mol. The Labute approximate surface area is 142 Å². The molecule has 1 aromatic rings. The number of rotatable bonds is 2. The lowest BCUT2D eigenvalue weighted by Crippen LogP contribution is -2.48. The first-order chi connectivity index (χ1) is 11.6. The van der Waals surface area contributed by atoms with E-state index < -0.39 is 5.82 Å². The fraction of sp³-hybridized carbons (Fsp3) is 0.579. The number of benzene rings is 1. The molecule has 0 aliphatic carbocycles. The van der Waals surface area contributed by atoms with Gasteiger partial charge in [0.25, 0.3) is 5.91 Å². The molecule has 0 spiro atoms. The van der Waals surface area contributed by atoms with Crippen molar-refractivity contribution in [2.45, 2.75) is 45.1 Å². The Morgan fingerprint density at radius 3 is 2.42 bits per heavy atom. The fourth-order valence-corrected chi connectivity index (χ4v) is 3.79. The molecule has 2 amide bonds. The van der Waals surface area contributed by atoms with E-state index in [0.29, 0.717) is 32.0 Å². The summed E-state index contributed by atoms with van der Waals surface area (Å²) in [7, 11) is 0. The molecule has 2 heterocycles. The third-order valence-electron chi connectivity index (χ3n) is 5.32. The number of amides is 2. The summed E-state index contributed by atoms with van der Waals surface area (Å²) in [4.78, 5) is 28.9. The van der Waals surface area contributed by atoms with E-state index in [9.17, 15) is 14.0 Å². The van der Waals surface area contributed by atoms with E-state index in [1.54, 1.807) is 17.0 Å². The molecule has 2 aliphatic rings. The second-order valence-electron chi connectivity index (χ2n) is 6.92. The van der Waals surface area contributed by atoms with Gasteiger partial charge >= 0.3 is 0 Å². The van der Waals surface area contributed by atoms with Gasteiger partial charge in [-0.05, 0) is 51.2 Å². The topological polar surface area (TPSA) is 40.6 Å². The highest BCUT2D eigenvalue weighted by Crippen LogP contribution is 2.25. The minimum Gasteiger partial charge on any atom is -0.340 e. The molecule has 24 heavy (non-hydrogen) atoms. The highest BCUT2D eigenvalue weighted by atomic mass is 19.1. The second-order valence-corrected chi connectivity index (χ2v) is 6.92. The van der Waals surface area contributed by atoms with Crippen LogP contribution in [0.5, 0.6) is 0 Å². The lowest BCUT2D eigenvalue weighted by Gasteiger charge is -2.38. The Morgan fingerprint density at radius 1 is 1.04 bits per heavy atom. The molecule has 5 heteroatoms. The summed E-state index contributed by atoms with van der Waals surface area (Å²) in [6.45, 7) is 4.01. The van der Waals surface area contributed by atoms with E-state index in [1.807, 2.05) is 4.90 Å². The molecule has 0 unspecified atom stereocenters. The minimum atomic E-state index is -0.483. The lowest BCUT2D eigenvalue weighted by molar-refractivity contribution is -0.140. The van der Waals surface area contributed by atoms with Crippen molar-refractivity contribution < 1.29 is 14.0 Å². The molecule has 2 aliphatic heterocycles. The van der Waals surface area contributed by atoms with Gasteiger partial charge in [0.1, 0.15) is 5.82 Å². The highest BCUT2D eigenvalue weighted by Gasteiger charge is 2.33. The van der Waals surface area contributed by atoms with E-state index in [4.69, 9.17) is 0 Å². The number of piperidine rings is 2. The quantitative estimate of drug-likeness (QED) is 0.835. The molecular formula is C19H25FN2O2. The van der Waals surface area contributed by atoms with Crippen molar-refractivity contribution in [2.75, 3.05) is 19.6 Å². The van der Waals surface area contributed by atoms with Crippen LogP contribution in [0.3, 0.4) is 0 Å². The molecule has 130 valence electrons. The second kappa shape index (κ2) is 7.32. The zero-order chi connectivity index (χ0) is 17.1. The van der Waals surface area contributed by atoms with Crippen LogP contribution >= 0.6 is 0 Å². The first-order valence-electron chi connectivity index (χ1n) is 8.92. The SMILES string of the molecule is C[C@H]1CCCCN1C(=O)C1CCN(C(=O)c2ccccc2F)CC1. The normalized spacial score (nSPS) is 22.5. The number of hydrogen-bond donors (Lipinski definition) is 0. The molecule has 2 fully saturated rings. The summed E-state index contributed by atoms with van der Waals surface area (Å²) in [6.07, 6.45) is 4.70. The number of nitrogens with zero attached hydrogens (tertiary/aromatic N) is 2. The molecule has 0 bridgehead atoms. The van der Waals surface area contributed by atoms with Crippen molar-refractivity contribution in [3.63, 3.8) is 0 Å². The maximum absolute atomic E-state index is 13.8. The maximum Gasteiger partial charge on any atom is 0.256 e. The molecule has 1 aromatic carbocycles. The Morgan fingerprint density at radius 2 is 1.75 bits per heavy atom. The molecule has 2 saturated heterocycles. The summed E-state index contributed by atoms with van der Waals surface area (Å²) >= 11 is 0. The van der Waals surface area contributed by atoms with Crippen molar-refractivity contribution in [1.82, 2.24) is 9.80 Å². The molecule has 0 radical (unpaired) electrons. The van der Waals surface area contributed by atoms with Crippen molar-refractivity contribution in [3.8, 4) is 0 Å². The van der Waals surface area contributed by atoms with E-state index in [-0.39, 0.29) is 23.3 Å². The van der Waals surface area contributed by atoms with Crippen molar-refractivity contribution in [3.05, 3.63) is 35.6 Å². The Balaban J connectivity index is 1.58. The van der Waals surface area contributed by atoms with Gasteiger partial charge in [0.15, 0.2) is 0 Å². The molecule has 0 N–H and O–H groups in total. The van der Waals surface area contributed by atoms with Gasteiger partial charge in [0.05, 0.1) is 5.56 Å². The van der Waals surface area contributed by atoms with Gasteiger partial charge in [0.2, 0.25) is 5.91 Å². The van der Waals surface area contributed by atoms with Gasteiger partial charge in [-0.15, -0.1) is 0 Å². The van der Waals surface area contributed by atoms with Crippen LogP contribution in [0.1, 0.15) is 49.4 Å². The Bertz CT molecular complexity index is 611. The van der Waals surface area contributed by atoms with Crippen LogP contribution in [0.2, 0.25) is 0 Å². The van der Waals surface area contributed by atoms with E-state index >= 15 is 0 Å². The molecule has 3 rings (SSSR count). The smallest absolute Gasteiger partial charge is 0.256 e. The molecular weight excluding hydrogens is 307 g/mol. The molecule has 0 saturated carbocycles. The summed E-state index contributed by atoms with van der Waals surface area (Å²) in [6, 6.07) is 6.40. The van der Waals surface area contributed by atoms with Gasteiger partial charge < -0.3 is 9.80 Å². The summed E-state index contributed by atoms with van der Waals surface area (Å²) in [5.74, 6) is -0.524. The molecule has 0 aromatic heterocycles. The third kappa shape index (κ3) is 3.45. The Kier molecular flexibility index (Phi) is 5.17. The van der Waals surface area contributed by atoms with Crippen molar-refractivity contribution in [1.29, 1.82) is 0 Å². The molecule has 4 nitrogen and oxygen atoms in total. The van der Waals surface area contributed by atoms with Crippen LogP contribution in [-0.4, -0.2) is 47.3 Å². The van der Waals surface area contributed by atoms with Crippen LogP contribution in [0.15, 0.2) is 24.3 Å². The maximum atomic E-state index is 13.8. The predicted molar refractivity (Wildman–Crippen MR) is 90.1 cm³/mol. The highest BCUT2D eigenvalue weighted by molar-refractivity contribution is 5.94. The van der Waals surface area contributed by atoms with Crippen LogP contribution in [0.25, 0.3) is 0 Å². The number of hydrogen-bond acceptors (Lipinski definition) is 2. The third-order valence-corrected chi connectivity index (χ3v) is 5.32. The van der Waals surface area contributed by atoms with E-state index in [2.05, 4.69) is 6.92 Å². The average Bonchev–Trinajstić information content (AvgIpc) is 2.61. The first kappa shape index (κ1) is 16.9. The monoisotopic (exact) mass is 332 g/mol. The van der Waals surface area contributed by atoms with Gasteiger partial charge in [-0.2, -0.15) is 0 Å². The van der Waals surface area contributed by atoms with Crippen LogP contribution in [0.4, 0.5) is 4.39 Å². The zero-order valence-corrected chi connectivity index (χ0v) is 14.2. The number of likely N-dealkylation sites (tertiary alicyclic amines) is 2. The lowest BCUT2D eigenvalue weighted by atomic mass is 9.92. The summed E-state index contributed by atoms with van der Waals surface area (Å²) in [5.41, 5.74) is 0.118. The van der Waals surface area contributed by atoms with E-state index in [1.165, 1.54) is 18.6 Å². The van der Waals surface area contributed by atoms with Gasteiger partial charge in [0, 0.05) is 31.6 Å². The Hall–Kier alpha value is -1.91. The van der Waals surface area contributed by atoms with Crippen LogP contribution in [-0.2, 0) is 4.79 Å². The summed E-state index contributed by atoms with van der Waals surface area (Å²) in [5, 5.41) is 0. The zero-order valence-electron chi connectivity index (χ0n) is 14.2. The fourth-order valence-electron chi connectivity index (χ4n) is 3.79. The number of carbonyl (C=O) groups is 2. The first-order valence-corrected chi connectivity index (χ1v) is 8.92.